The van der Waals surface area contributed by atoms with Crippen molar-refractivity contribution in [1.82, 2.24) is 24.5 Å². The van der Waals surface area contributed by atoms with Crippen LogP contribution in [-0.2, 0) is 5.41 Å². The van der Waals surface area contributed by atoms with E-state index in [-0.39, 0.29) is 5.41 Å². The van der Waals surface area contributed by atoms with Gasteiger partial charge in [-0.15, -0.1) is 0 Å². The van der Waals surface area contributed by atoms with Gasteiger partial charge in [0.25, 0.3) is 0 Å². The van der Waals surface area contributed by atoms with Crippen LogP contribution in [0.2, 0.25) is 0 Å². The van der Waals surface area contributed by atoms with Crippen molar-refractivity contribution in [2.24, 2.45) is 23.7 Å². The summed E-state index contributed by atoms with van der Waals surface area (Å²) in [5.41, 5.74) is 16.5. The van der Waals surface area contributed by atoms with E-state index in [1.807, 2.05) is 48.7 Å². The highest BCUT2D eigenvalue weighted by Gasteiger charge is 2.61. The van der Waals surface area contributed by atoms with Crippen LogP contribution in [0.1, 0.15) is 54.4 Å². The van der Waals surface area contributed by atoms with Gasteiger partial charge < -0.3 is 0 Å². The van der Waals surface area contributed by atoms with E-state index in [0.717, 1.165) is 67.5 Å². The van der Waals surface area contributed by atoms with Crippen molar-refractivity contribution in [2.45, 2.75) is 51.4 Å². The lowest BCUT2D eigenvalue weighted by molar-refractivity contribution is -0.0399. The molecule has 4 fully saturated rings. The minimum atomic E-state index is 0.153. The van der Waals surface area contributed by atoms with Gasteiger partial charge in [0, 0.05) is 38.9 Å². The predicted octanol–water partition coefficient (Wildman–Crippen LogP) is 12.9. The zero-order valence-electron chi connectivity index (χ0n) is 33.4. The van der Waals surface area contributed by atoms with Crippen LogP contribution >= 0.6 is 0 Å². The summed E-state index contributed by atoms with van der Waals surface area (Å²) in [4.78, 5) is 20.3. The van der Waals surface area contributed by atoms with Crippen molar-refractivity contribution in [2.75, 3.05) is 0 Å². The van der Waals surface area contributed by atoms with Crippen molar-refractivity contribution < 1.29 is 0 Å². The first-order valence-corrected chi connectivity index (χ1v) is 21.5. The summed E-state index contributed by atoms with van der Waals surface area (Å²) in [7, 11) is 0. The maximum absolute atomic E-state index is 5.21. The third kappa shape index (κ3) is 4.79. The van der Waals surface area contributed by atoms with Gasteiger partial charge in [-0.3, -0.25) is 9.55 Å². The molecule has 3 heterocycles. The monoisotopic (exact) mass is 761 g/mol. The summed E-state index contributed by atoms with van der Waals surface area (Å²) in [6.45, 7) is 4.63. The van der Waals surface area contributed by atoms with E-state index in [4.69, 9.17) is 19.9 Å². The van der Waals surface area contributed by atoms with E-state index >= 15 is 0 Å². The first-order valence-electron chi connectivity index (χ1n) is 21.5. The van der Waals surface area contributed by atoms with Crippen molar-refractivity contribution in [1.29, 1.82) is 0 Å². The van der Waals surface area contributed by atoms with Gasteiger partial charge in [0.05, 0.1) is 16.6 Å². The number of hydrogen-bond donors (Lipinski definition) is 0. The highest BCUT2D eigenvalue weighted by atomic mass is 15.2. The molecule has 14 rings (SSSR count). The fourth-order valence-electron chi connectivity index (χ4n) is 12.6. The Morgan fingerprint density at radius 2 is 1.20 bits per heavy atom. The van der Waals surface area contributed by atoms with Crippen LogP contribution in [0.5, 0.6) is 0 Å². The molecule has 1 spiro atoms. The van der Waals surface area contributed by atoms with E-state index in [1.165, 1.54) is 65.5 Å². The molecule has 5 heteroatoms. The quantitative estimate of drug-likeness (QED) is 0.179. The lowest BCUT2D eigenvalue weighted by Crippen LogP contribution is -2.55. The molecule has 9 aromatic rings. The maximum atomic E-state index is 5.21. The molecule has 0 N–H and O–H groups in total. The highest BCUT2D eigenvalue weighted by molar-refractivity contribution is 6.14. The molecule has 0 unspecified atom stereocenters. The molecule has 5 aliphatic carbocycles. The van der Waals surface area contributed by atoms with Gasteiger partial charge in [0.1, 0.15) is 0 Å². The Morgan fingerprint density at radius 3 is 1.92 bits per heavy atom. The summed E-state index contributed by atoms with van der Waals surface area (Å²) in [6, 6.07) is 48.6. The second-order valence-electron chi connectivity index (χ2n) is 18.1. The normalized spacial score (nSPS) is 22.5. The van der Waals surface area contributed by atoms with Crippen molar-refractivity contribution in [3.05, 3.63) is 162 Å². The summed E-state index contributed by atoms with van der Waals surface area (Å²) in [6.07, 6.45) is 8.93. The number of hydrogen-bond acceptors (Lipinski definition) is 4. The van der Waals surface area contributed by atoms with Gasteiger partial charge in [0.2, 0.25) is 5.95 Å². The predicted molar refractivity (Wildman–Crippen MR) is 239 cm³/mol. The molecule has 59 heavy (non-hydrogen) atoms. The van der Waals surface area contributed by atoms with E-state index in [1.54, 1.807) is 11.1 Å². The Bertz CT molecular complexity index is 3110. The smallest absolute Gasteiger partial charge is 0.238 e. The van der Waals surface area contributed by atoms with Gasteiger partial charge in [0.15, 0.2) is 11.6 Å². The number of pyridine rings is 1. The molecule has 4 bridgehead atoms. The van der Waals surface area contributed by atoms with Crippen molar-refractivity contribution in [3.63, 3.8) is 0 Å². The second-order valence-corrected chi connectivity index (χ2v) is 18.1. The number of nitrogens with zero attached hydrogens (tertiary/aromatic N) is 5. The minimum Gasteiger partial charge on any atom is -0.278 e. The Hall–Kier alpha value is -6.46. The van der Waals surface area contributed by atoms with Crippen molar-refractivity contribution >= 4 is 32.7 Å². The second kappa shape index (κ2) is 12.3. The summed E-state index contributed by atoms with van der Waals surface area (Å²) in [5.74, 6) is 5.22. The van der Waals surface area contributed by atoms with Crippen LogP contribution in [-0.4, -0.2) is 24.5 Å². The lowest BCUT2D eigenvalue weighted by atomic mass is 9.43. The average molecular weight is 762 g/mol. The molecular formula is C54H43N5. The first kappa shape index (κ1) is 33.5. The minimum absolute atomic E-state index is 0.153. The lowest BCUT2D eigenvalue weighted by Gasteiger charge is -2.61. The SMILES string of the molecule is Cc1ccc2c(c1)C1(c3cc(C)c(-c4ccc5c(c4)c4cc6ncccc6cc4n5-c4nc(-c5ccccc5)nc(-c5ccccc5)n4)cc3-2)C2CC3CC(C2)CC1C3. The number of aromatic nitrogens is 5. The van der Waals surface area contributed by atoms with Crippen LogP contribution in [0.15, 0.2) is 140 Å². The van der Waals surface area contributed by atoms with Gasteiger partial charge >= 0.3 is 0 Å². The largest absolute Gasteiger partial charge is 0.278 e. The fourth-order valence-corrected chi connectivity index (χ4v) is 12.6. The molecule has 6 aromatic carbocycles. The van der Waals surface area contributed by atoms with Crippen molar-refractivity contribution in [3.8, 4) is 51.0 Å². The highest BCUT2D eigenvalue weighted by Crippen LogP contribution is 2.69. The third-order valence-corrected chi connectivity index (χ3v) is 14.8. The molecule has 5 nitrogen and oxygen atoms in total. The van der Waals surface area contributed by atoms with Crippen LogP contribution in [0, 0.1) is 37.5 Å². The van der Waals surface area contributed by atoms with Crippen LogP contribution in [0.25, 0.3) is 83.7 Å². The number of aryl methyl sites for hydroxylation is 2. The summed E-state index contributed by atoms with van der Waals surface area (Å²) in [5, 5.41) is 3.36. The van der Waals surface area contributed by atoms with Crippen LogP contribution < -0.4 is 0 Å². The summed E-state index contributed by atoms with van der Waals surface area (Å²) >= 11 is 0. The van der Waals surface area contributed by atoms with Gasteiger partial charge in [-0.1, -0.05) is 103 Å². The molecule has 284 valence electrons. The van der Waals surface area contributed by atoms with Gasteiger partial charge in [-0.25, -0.2) is 4.98 Å². The molecule has 0 amide bonds. The van der Waals surface area contributed by atoms with Gasteiger partial charge in [-0.2, -0.15) is 9.97 Å². The molecular weight excluding hydrogens is 719 g/mol. The Labute approximate surface area is 343 Å². The molecule has 0 atom stereocenters. The molecule has 5 aliphatic rings. The number of benzene rings is 6. The van der Waals surface area contributed by atoms with Crippen LogP contribution in [0.4, 0.5) is 0 Å². The fraction of sp³-hybridized carbons (Fsp3) is 0.222. The number of fused-ring (bicyclic) bond motifs is 7. The zero-order chi connectivity index (χ0) is 39.0. The van der Waals surface area contributed by atoms with E-state index in [0.29, 0.717) is 17.6 Å². The molecule has 0 radical (unpaired) electrons. The third-order valence-electron chi connectivity index (χ3n) is 14.8. The van der Waals surface area contributed by atoms with E-state index in [2.05, 4.69) is 109 Å². The Balaban J connectivity index is 1.03. The molecule has 4 saturated carbocycles. The van der Waals surface area contributed by atoms with E-state index < -0.39 is 0 Å². The Kier molecular flexibility index (Phi) is 6.97. The molecule has 0 saturated heterocycles. The standard InChI is InChI=1S/C54H43N5/c1-31-15-17-41-43-29-42(32(2)21-47(43)54(46(41)20-31)39-23-33-22-34(25-39)26-40(54)24-33)37-16-18-49-44(27-37)45-30-48-38(14-9-19-55-48)28-50(45)59(49)53-57-51(35-10-5-3-6-11-35)56-52(58-53)36-12-7-4-8-13-36/h3-21,27-30,33-34,39-40H,22-26H2,1-2H3. The maximum Gasteiger partial charge on any atom is 0.238 e. The first-order chi connectivity index (χ1) is 29.0. The summed E-state index contributed by atoms with van der Waals surface area (Å²) < 4.78 is 2.23. The van der Waals surface area contributed by atoms with Gasteiger partial charge in [-0.05, 0) is 145 Å². The topological polar surface area (TPSA) is 56.5 Å². The Morgan fingerprint density at radius 1 is 0.525 bits per heavy atom. The number of rotatable bonds is 4. The van der Waals surface area contributed by atoms with Crippen LogP contribution in [0.3, 0.4) is 0 Å². The van der Waals surface area contributed by atoms with E-state index in [9.17, 15) is 0 Å². The zero-order valence-corrected chi connectivity index (χ0v) is 33.4. The average Bonchev–Trinajstić information content (AvgIpc) is 3.72. The molecule has 3 aromatic heterocycles. The molecule has 0 aliphatic heterocycles.